The van der Waals surface area contributed by atoms with Gasteiger partial charge in [-0.3, -0.25) is 4.79 Å². The van der Waals surface area contributed by atoms with E-state index in [2.05, 4.69) is 25.6 Å². The second kappa shape index (κ2) is 8.51. The Kier molecular flexibility index (Phi) is 5.73. The SMILES string of the molecule is C[C@H](NC(=O)c1ncnc2c1c(C#N)cn2C)c1cnc(Nc2ccc(C(F)(F)F)cc2)s1. The molecule has 3 heterocycles. The molecule has 1 amide bonds. The molecule has 168 valence electrons. The molecule has 0 radical (unpaired) electrons. The predicted molar refractivity (Wildman–Crippen MR) is 116 cm³/mol. The van der Waals surface area contributed by atoms with Gasteiger partial charge in [-0.25, -0.2) is 15.0 Å². The zero-order chi connectivity index (χ0) is 23.8. The number of aryl methyl sites for hydroxylation is 1. The van der Waals surface area contributed by atoms with E-state index in [9.17, 15) is 23.2 Å². The van der Waals surface area contributed by atoms with Crippen LogP contribution in [0.3, 0.4) is 0 Å². The molecule has 8 nitrogen and oxygen atoms in total. The molecule has 0 aliphatic heterocycles. The molecule has 0 fully saturated rings. The summed E-state index contributed by atoms with van der Waals surface area (Å²) in [5.41, 5.74) is 0.585. The van der Waals surface area contributed by atoms with Gasteiger partial charge in [0.2, 0.25) is 0 Å². The molecule has 0 unspecified atom stereocenters. The highest BCUT2D eigenvalue weighted by Crippen LogP contribution is 2.32. The molecule has 0 aliphatic rings. The molecule has 1 atom stereocenters. The molecule has 12 heteroatoms. The third-order valence-corrected chi connectivity index (χ3v) is 5.95. The van der Waals surface area contributed by atoms with Gasteiger partial charge in [-0.15, -0.1) is 0 Å². The number of anilines is 2. The number of nitrogens with one attached hydrogen (secondary N) is 2. The molecule has 3 aromatic heterocycles. The van der Waals surface area contributed by atoms with Crippen LogP contribution in [-0.2, 0) is 13.2 Å². The number of fused-ring (bicyclic) bond motifs is 1. The molecule has 4 aromatic rings. The van der Waals surface area contributed by atoms with Crippen molar-refractivity contribution in [3.8, 4) is 6.07 Å². The number of amides is 1. The number of hydrogen-bond acceptors (Lipinski definition) is 7. The maximum atomic E-state index is 12.9. The number of carbonyl (C=O) groups excluding carboxylic acids is 1. The van der Waals surface area contributed by atoms with Gasteiger partial charge in [-0.05, 0) is 31.2 Å². The van der Waals surface area contributed by atoms with Crippen molar-refractivity contribution >= 4 is 39.1 Å². The van der Waals surface area contributed by atoms with E-state index in [0.29, 0.717) is 27.4 Å². The Hall–Kier alpha value is -3.98. The van der Waals surface area contributed by atoms with Crippen molar-refractivity contribution in [2.45, 2.75) is 19.1 Å². The Bertz CT molecular complexity index is 1370. The number of nitriles is 1. The van der Waals surface area contributed by atoms with E-state index < -0.39 is 23.7 Å². The topological polar surface area (TPSA) is 109 Å². The van der Waals surface area contributed by atoms with Crippen molar-refractivity contribution in [3.63, 3.8) is 0 Å². The number of thiazole rings is 1. The first-order chi connectivity index (χ1) is 15.7. The first kappa shape index (κ1) is 22.2. The molecule has 0 spiro atoms. The third-order valence-electron chi connectivity index (χ3n) is 4.85. The van der Waals surface area contributed by atoms with E-state index in [1.807, 2.05) is 6.07 Å². The summed E-state index contributed by atoms with van der Waals surface area (Å²) in [4.78, 5) is 26.0. The van der Waals surface area contributed by atoms with E-state index in [1.165, 1.54) is 29.8 Å². The Morgan fingerprint density at radius 2 is 1.94 bits per heavy atom. The number of rotatable bonds is 5. The number of carbonyl (C=O) groups is 1. The van der Waals surface area contributed by atoms with E-state index in [0.717, 1.165) is 17.0 Å². The highest BCUT2D eigenvalue weighted by Gasteiger charge is 2.30. The van der Waals surface area contributed by atoms with Crippen LogP contribution in [0.25, 0.3) is 11.0 Å². The van der Waals surface area contributed by atoms with Crippen LogP contribution < -0.4 is 10.6 Å². The summed E-state index contributed by atoms with van der Waals surface area (Å²) < 4.78 is 39.8. The van der Waals surface area contributed by atoms with Crippen LogP contribution in [-0.4, -0.2) is 25.4 Å². The molecule has 2 N–H and O–H groups in total. The van der Waals surface area contributed by atoms with Crippen LogP contribution >= 0.6 is 11.3 Å². The summed E-state index contributed by atoms with van der Waals surface area (Å²) >= 11 is 1.25. The summed E-state index contributed by atoms with van der Waals surface area (Å²) in [5.74, 6) is -0.469. The number of benzene rings is 1. The van der Waals surface area contributed by atoms with E-state index in [1.54, 1.807) is 30.9 Å². The monoisotopic (exact) mass is 471 g/mol. The first-order valence-corrected chi connectivity index (χ1v) is 10.4. The lowest BCUT2D eigenvalue weighted by Crippen LogP contribution is -2.27. The summed E-state index contributed by atoms with van der Waals surface area (Å²) in [6.45, 7) is 1.77. The fourth-order valence-electron chi connectivity index (χ4n) is 3.21. The normalized spacial score (nSPS) is 12.4. The molecule has 0 aliphatic carbocycles. The summed E-state index contributed by atoms with van der Waals surface area (Å²) in [5, 5.41) is 16.0. The van der Waals surface area contributed by atoms with Crippen molar-refractivity contribution in [2.24, 2.45) is 7.05 Å². The van der Waals surface area contributed by atoms with Gasteiger partial charge < -0.3 is 15.2 Å². The Labute approximate surface area is 189 Å². The maximum absolute atomic E-state index is 12.9. The Morgan fingerprint density at radius 1 is 1.21 bits per heavy atom. The number of nitrogens with zero attached hydrogens (tertiary/aromatic N) is 5. The number of halogens is 3. The van der Waals surface area contributed by atoms with Crippen LogP contribution in [0.1, 0.15) is 39.5 Å². The molecular weight excluding hydrogens is 455 g/mol. The average molecular weight is 471 g/mol. The number of alkyl halides is 3. The molecule has 0 saturated heterocycles. The standard InChI is InChI=1S/C21H16F3N7OS/c1-11(29-19(32)17-16-12(7-25)9-31(2)18(16)28-10-27-17)15-8-26-20(33-15)30-14-5-3-13(4-6-14)21(22,23)24/h3-6,8-11H,1-2H3,(H,26,30)(H,29,32)/t11-/m0/s1. The van der Waals surface area contributed by atoms with Gasteiger partial charge in [-0.1, -0.05) is 11.3 Å². The first-order valence-electron chi connectivity index (χ1n) is 9.58. The molecule has 33 heavy (non-hydrogen) atoms. The quantitative estimate of drug-likeness (QED) is 0.442. The highest BCUT2D eigenvalue weighted by atomic mass is 32.1. The zero-order valence-corrected chi connectivity index (χ0v) is 18.1. The summed E-state index contributed by atoms with van der Waals surface area (Å²) in [7, 11) is 1.73. The summed E-state index contributed by atoms with van der Waals surface area (Å²) in [6, 6.07) is 6.23. The van der Waals surface area contributed by atoms with E-state index in [-0.39, 0.29) is 5.69 Å². The van der Waals surface area contributed by atoms with Gasteiger partial charge in [0.05, 0.1) is 22.6 Å². The Balaban J connectivity index is 1.48. The van der Waals surface area contributed by atoms with Gasteiger partial charge in [0.15, 0.2) is 5.13 Å². The lowest BCUT2D eigenvalue weighted by Gasteiger charge is -2.12. The predicted octanol–water partition coefficient (Wildman–Crippen LogP) is 4.55. The van der Waals surface area contributed by atoms with Crippen molar-refractivity contribution < 1.29 is 18.0 Å². The number of aromatic nitrogens is 4. The van der Waals surface area contributed by atoms with Crippen molar-refractivity contribution in [1.29, 1.82) is 5.26 Å². The minimum Gasteiger partial charge on any atom is -0.343 e. The largest absolute Gasteiger partial charge is 0.416 e. The second-order valence-electron chi connectivity index (χ2n) is 7.15. The van der Waals surface area contributed by atoms with Gasteiger partial charge in [0, 0.05) is 30.0 Å². The molecule has 0 saturated carbocycles. The van der Waals surface area contributed by atoms with Crippen molar-refractivity contribution in [3.05, 3.63) is 64.7 Å². The molecule has 1 aromatic carbocycles. The van der Waals surface area contributed by atoms with Gasteiger partial charge in [-0.2, -0.15) is 18.4 Å². The fourth-order valence-corrected chi connectivity index (χ4v) is 4.05. The van der Waals surface area contributed by atoms with Crippen LogP contribution in [0.2, 0.25) is 0 Å². The lowest BCUT2D eigenvalue weighted by atomic mass is 10.2. The zero-order valence-electron chi connectivity index (χ0n) is 17.3. The second-order valence-corrected chi connectivity index (χ2v) is 8.21. The van der Waals surface area contributed by atoms with Crippen LogP contribution in [0.5, 0.6) is 0 Å². The van der Waals surface area contributed by atoms with Gasteiger partial charge in [0.25, 0.3) is 5.91 Å². The van der Waals surface area contributed by atoms with Crippen molar-refractivity contribution in [2.75, 3.05) is 5.32 Å². The highest BCUT2D eigenvalue weighted by molar-refractivity contribution is 7.15. The van der Waals surface area contributed by atoms with Gasteiger partial charge in [0.1, 0.15) is 23.7 Å². The third kappa shape index (κ3) is 4.49. The maximum Gasteiger partial charge on any atom is 0.416 e. The summed E-state index contributed by atoms with van der Waals surface area (Å²) in [6.07, 6.45) is 0.0220. The van der Waals surface area contributed by atoms with Crippen LogP contribution in [0, 0.1) is 11.3 Å². The minimum absolute atomic E-state index is 0.0941. The lowest BCUT2D eigenvalue weighted by molar-refractivity contribution is -0.137. The smallest absolute Gasteiger partial charge is 0.343 e. The van der Waals surface area contributed by atoms with E-state index in [4.69, 9.17) is 0 Å². The molecule has 4 rings (SSSR count). The van der Waals surface area contributed by atoms with Gasteiger partial charge >= 0.3 is 6.18 Å². The van der Waals surface area contributed by atoms with Crippen LogP contribution in [0.15, 0.2) is 43.0 Å². The van der Waals surface area contributed by atoms with Crippen molar-refractivity contribution in [1.82, 2.24) is 24.8 Å². The molecule has 0 bridgehead atoms. The minimum atomic E-state index is -4.40. The fraction of sp³-hybridized carbons (Fsp3) is 0.190. The van der Waals surface area contributed by atoms with E-state index >= 15 is 0 Å². The Morgan fingerprint density at radius 3 is 2.61 bits per heavy atom. The van der Waals surface area contributed by atoms with Crippen LogP contribution in [0.4, 0.5) is 24.0 Å². The number of hydrogen-bond donors (Lipinski definition) is 2. The average Bonchev–Trinajstić information content (AvgIpc) is 3.38. The molecular formula is C21H16F3N7OS.